The SMILES string of the molecule is COc1ccc(CC(=O)N2C[C@H]3NC(=O)c4ccccc4C(=O)[C@@]3(C)C2)cc1. The van der Waals surface area contributed by atoms with Crippen LogP contribution in [0.2, 0.25) is 0 Å². The minimum atomic E-state index is -0.835. The highest BCUT2D eigenvalue weighted by Gasteiger charge is 2.52. The zero-order chi connectivity index (χ0) is 19.9. The fourth-order valence-corrected chi connectivity index (χ4v) is 4.07. The van der Waals surface area contributed by atoms with Crippen molar-refractivity contribution >= 4 is 17.6 Å². The van der Waals surface area contributed by atoms with Gasteiger partial charge in [-0.1, -0.05) is 30.3 Å². The van der Waals surface area contributed by atoms with E-state index in [4.69, 9.17) is 4.74 Å². The molecule has 0 bridgehead atoms. The number of amides is 2. The van der Waals surface area contributed by atoms with Gasteiger partial charge in [-0.15, -0.1) is 0 Å². The largest absolute Gasteiger partial charge is 0.497 e. The summed E-state index contributed by atoms with van der Waals surface area (Å²) in [7, 11) is 1.60. The minimum Gasteiger partial charge on any atom is -0.497 e. The predicted octanol–water partition coefficient (Wildman–Crippen LogP) is 2.08. The Labute approximate surface area is 163 Å². The molecule has 0 saturated carbocycles. The number of ketones is 1. The van der Waals surface area contributed by atoms with E-state index in [1.165, 1.54) is 0 Å². The lowest BCUT2D eigenvalue weighted by atomic mass is 9.78. The standard InChI is InChI=1S/C22H22N2O4/c1-22-13-24(19(25)11-14-7-9-15(28-2)10-8-14)12-18(22)23-21(27)17-6-4-3-5-16(17)20(22)26/h3-10,18H,11-13H2,1-2H3,(H,23,27)/t18-,22+/m1/s1. The summed E-state index contributed by atoms with van der Waals surface area (Å²) in [4.78, 5) is 40.4. The van der Waals surface area contributed by atoms with Crippen molar-refractivity contribution in [1.82, 2.24) is 10.2 Å². The van der Waals surface area contributed by atoms with E-state index in [1.54, 1.807) is 36.3 Å². The molecule has 2 aromatic carbocycles. The molecule has 2 aromatic rings. The van der Waals surface area contributed by atoms with Gasteiger partial charge in [0.15, 0.2) is 5.78 Å². The molecule has 144 valence electrons. The number of ether oxygens (including phenoxy) is 1. The van der Waals surface area contributed by atoms with Crippen LogP contribution >= 0.6 is 0 Å². The van der Waals surface area contributed by atoms with E-state index >= 15 is 0 Å². The van der Waals surface area contributed by atoms with Gasteiger partial charge >= 0.3 is 0 Å². The monoisotopic (exact) mass is 378 g/mol. The van der Waals surface area contributed by atoms with Gasteiger partial charge in [0, 0.05) is 18.7 Å². The molecule has 2 atom stereocenters. The van der Waals surface area contributed by atoms with Gasteiger partial charge in [-0.3, -0.25) is 14.4 Å². The Kier molecular flexibility index (Phi) is 4.41. The molecule has 0 unspecified atom stereocenters. The number of hydrogen-bond acceptors (Lipinski definition) is 4. The number of likely N-dealkylation sites (tertiary alicyclic amines) is 1. The summed E-state index contributed by atoms with van der Waals surface area (Å²) in [5, 5.41) is 2.96. The topological polar surface area (TPSA) is 75.7 Å². The van der Waals surface area contributed by atoms with Gasteiger partial charge in [0.05, 0.1) is 30.6 Å². The number of benzene rings is 2. The maximum Gasteiger partial charge on any atom is 0.252 e. The van der Waals surface area contributed by atoms with Gasteiger partial charge < -0.3 is 15.0 Å². The van der Waals surface area contributed by atoms with E-state index in [-0.39, 0.29) is 24.0 Å². The molecule has 4 rings (SSSR count). The lowest BCUT2D eigenvalue weighted by molar-refractivity contribution is -0.129. The number of hydrogen-bond donors (Lipinski definition) is 1. The Bertz CT molecular complexity index is 953. The number of carbonyl (C=O) groups is 3. The summed E-state index contributed by atoms with van der Waals surface area (Å²) in [5.41, 5.74) is 0.870. The third-order valence-corrected chi connectivity index (χ3v) is 5.80. The van der Waals surface area contributed by atoms with Gasteiger partial charge in [0.2, 0.25) is 5.91 Å². The molecule has 28 heavy (non-hydrogen) atoms. The molecule has 1 N–H and O–H groups in total. The molecule has 2 aliphatic rings. The molecule has 0 spiro atoms. The molecule has 2 amide bonds. The summed E-state index contributed by atoms with van der Waals surface area (Å²) in [6.45, 7) is 2.46. The summed E-state index contributed by atoms with van der Waals surface area (Å²) in [6.07, 6.45) is 0.242. The number of carbonyl (C=O) groups excluding carboxylic acids is 3. The molecule has 6 nitrogen and oxygen atoms in total. The highest BCUT2D eigenvalue weighted by Crippen LogP contribution is 2.37. The highest BCUT2D eigenvalue weighted by atomic mass is 16.5. The molecule has 2 heterocycles. The van der Waals surface area contributed by atoms with E-state index in [0.717, 1.165) is 11.3 Å². The van der Waals surface area contributed by atoms with Crippen LogP contribution in [0.5, 0.6) is 5.75 Å². The zero-order valence-electron chi connectivity index (χ0n) is 15.9. The maximum atomic E-state index is 13.2. The van der Waals surface area contributed by atoms with Crippen LogP contribution in [-0.4, -0.2) is 48.7 Å². The van der Waals surface area contributed by atoms with E-state index in [1.807, 2.05) is 31.2 Å². The minimum absolute atomic E-state index is 0.0604. The second-order valence-corrected chi connectivity index (χ2v) is 7.62. The van der Waals surface area contributed by atoms with E-state index < -0.39 is 11.5 Å². The van der Waals surface area contributed by atoms with Crippen molar-refractivity contribution in [2.45, 2.75) is 19.4 Å². The first-order valence-corrected chi connectivity index (χ1v) is 9.28. The highest BCUT2D eigenvalue weighted by molar-refractivity contribution is 6.12. The van der Waals surface area contributed by atoms with Crippen molar-refractivity contribution in [2.75, 3.05) is 20.2 Å². The quantitative estimate of drug-likeness (QED) is 0.887. The van der Waals surface area contributed by atoms with E-state index in [0.29, 0.717) is 24.2 Å². The van der Waals surface area contributed by atoms with Crippen LogP contribution in [0.25, 0.3) is 0 Å². The van der Waals surface area contributed by atoms with Crippen LogP contribution in [-0.2, 0) is 11.2 Å². The Morgan fingerprint density at radius 2 is 1.82 bits per heavy atom. The Morgan fingerprint density at radius 1 is 1.14 bits per heavy atom. The van der Waals surface area contributed by atoms with Crippen LogP contribution in [0.4, 0.5) is 0 Å². The smallest absolute Gasteiger partial charge is 0.252 e. The summed E-state index contributed by atoms with van der Waals surface area (Å²) < 4.78 is 5.14. The Morgan fingerprint density at radius 3 is 2.50 bits per heavy atom. The molecule has 6 heteroatoms. The number of nitrogens with one attached hydrogen (secondary N) is 1. The molecular weight excluding hydrogens is 356 g/mol. The van der Waals surface area contributed by atoms with Crippen molar-refractivity contribution in [2.24, 2.45) is 5.41 Å². The molecule has 1 saturated heterocycles. The Hall–Kier alpha value is -3.15. The predicted molar refractivity (Wildman–Crippen MR) is 103 cm³/mol. The molecule has 1 fully saturated rings. The van der Waals surface area contributed by atoms with Crippen molar-refractivity contribution in [3.63, 3.8) is 0 Å². The van der Waals surface area contributed by atoms with Crippen LogP contribution in [0.1, 0.15) is 33.2 Å². The zero-order valence-corrected chi connectivity index (χ0v) is 15.9. The van der Waals surface area contributed by atoms with Gasteiger partial charge in [0.25, 0.3) is 5.91 Å². The van der Waals surface area contributed by atoms with Crippen molar-refractivity contribution in [1.29, 1.82) is 0 Å². The van der Waals surface area contributed by atoms with Gasteiger partial charge in [-0.25, -0.2) is 0 Å². The number of nitrogens with zero attached hydrogens (tertiary/aromatic N) is 1. The molecule has 0 aliphatic carbocycles. The second-order valence-electron chi connectivity index (χ2n) is 7.62. The first-order chi connectivity index (χ1) is 13.4. The van der Waals surface area contributed by atoms with Crippen LogP contribution in [0.3, 0.4) is 0 Å². The summed E-state index contributed by atoms with van der Waals surface area (Å²) in [5.74, 6) is 0.322. The van der Waals surface area contributed by atoms with Crippen molar-refractivity contribution < 1.29 is 19.1 Å². The average Bonchev–Trinajstić information content (AvgIpc) is 3.02. The second kappa shape index (κ2) is 6.78. The van der Waals surface area contributed by atoms with Crippen molar-refractivity contribution in [3.8, 4) is 5.75 Å². The molecule has 2 aliphatic heterocycles. The first-order valence-electron chi connectivity index (χ1n) is 9.28. The number of fused-ring (bicyclic) bond motifs is 2. The number of methoxy groups -OCH3 is 1. The van der Waals surface area contributed by atoms with Crippen LogP contribution in [0.15, 0.2) is 48.5 Å². The lowest BCUT2D eigenvalue weighted by Gasteiger charge is -2.26. The van der Waals surface area contributed by atoms with Gasteiger partial charge in [-0.05, 0) is 30.7 Å². The Balaban J connectivity index is 1.55. The number of rotatable bonds is 3. The van der Waals surface area contributed by atoms with Crippen LogP contribution < -0.4 is 10.1 Å². The third kappa shape index (κ3) is 2.95. The van der Waals surface area contributed by atoms with E-state index in [9.17, 15) is 14.4 Å². The summed E-state index contributed by atoms with van der Waals surface area (Å²) in [6, 6.07) is 13.8. The molecule has 0 aromatic heterocycles. The fraction of sp³-hybridized carbons (Fsp3) is 0.318. The van der Waals surface area contributed by atoms with Gasteiger partial charge in [0.1, 0.15) is 5.75 Å². The molecule has 0 radical (unpaired) electrons. The fourth-order valence-electron chi connectivity index (χ4n) is 4.07. The van der Waals surface area contributed by atoms with Crippen LogP contribution in [0, 0.1) is 5.41 Å². The normalized spacial score (nSPS) is 23.5. The molecular formula is C22H22N2O4. The lowest BCUT2D eigenvalue weighted by Crippen LogP contribution is -2.47. The summed E-state index contributed by atoms with van der Waals surface area (Å²) >= 11 is 0. The van der Waals surface area contributed by atoms with Crippen molar-refractivity contribution in [3.05, 3.63) is 65.2 Å². The van der Waals surface area contributed by atoms with E-state index in [2.05, 4.69) is 5.32 Å². The maximum absolute atomic E-state index is 13.2. The first kappa shape index (κ1) is 18.2. The van der Waals surface area contributed by atoms with Gasteiger partial charge in [-0.2, -0.15) is 0 Å². The number of Topliss-reactive ketones (excluding diaryl/α,β-unsaturated/α-hetero) is 1. The third-order valence-electron chi connectivity index (χ3n) is 5.80. The average molecular weight is 378 g/mol.